The van der Waals surface area contributed by atoms with E-state index in [1.165, 1.54) is 49.9 Å². The molecule has 4 aliphatic carbocycles. The van der Waals surface area contributed by atoms with Gasteiger partial charge in [-0.25, -0.2) is 14.6 Å². The monoisotopic (exact) mass is 551 g/mol. The number of hydrogen-bond donors (Lipinski definition) is 5. The van der Waals surface area contributed by atoms with Crippen LogP contribution in [0.1, 0.15) is 75.4 Å². The summed E-state index contributed by atoms with van der Waals surface area (Å²) in [6.45, 7) is 7.51. The number of carboxylic acid groups (broad SMARTS) is 2. The summed E-state index contributed by atoms with van der Waals surface area (Å²) in [6.07, 6.45) is 11.7. The zero-order chi connectivity index (χ0) is 27.9. The molecule has 38 heavy (non-hydrogen) atoms. The predicted octanol–water partition coefficient (Wildman–Crippen LogP) is 3.32. The van der Waals surface area contributed by atoms with Crippen LogP contribution in [0.5, 0.6) is 5.19 Å². The van der Waals surface area contributed by atoms with Crippen LogP contribution in [-0.2, 0) is 9.59 Å². The topological polar surface area (TPSA) is 158 Å². The van der Waals surface area contributed by atoms with E-state index in [1.807, 2.05) is 0 Å². The van der Waals surface area contributed by atoms with E-state index in [9.17, 15) is 19.5 Å². The largest absolute Gasteiger partial charge is 0.478 e. The lowest BCUT2D eigenvalue weighted by atomic mass is 9.49. The van der Waals surface area contributed by atoms with Crippen molar-refractivity contribution in [2.24, 2.45) is 23.2 Å². The van der Waals surface area contributed by atoms with Gasteiger partial charge < -0.3 is 30.7 Å². The Bertz CT molecular complexity index is 950. The summed E-state index contributed by atoms with van der Waals surface area (Å²) in [6, 6.07) is 0. The summed E-state index contributed by atoms with van der Waals surface area (Å²) in [5, 5.41) is 32.4. The standard InChI is InChI=1S/C23H37N3O3S.C4H4O4/c1-22(2,3)26-12-18(27)14-29-21-25-13-19(30-21)20(28)24-5-4-23-9-15-6-16(10-23)8-17(7-15)11-23;5-3(6)1-2-4(7)8/h13,15-18,26-27H,4-12,14H2,1-3H3,(H,24,28);1-2H,(H,5,6)(H,7,8). The molecule has 0 saturated heterocycles. The first kappa shape index (κ1) is 30.0. The number of thiazole rings is 1. The molecule has 0 spiro atoms. The van der Waals surface area contributed by atoms with Crippen LogP contribution in [0.15, 0.2) is 18.3 Å². The molecule has 0 aromatic carbocycles. The molecule has 1 amide bonds. The first-order chi connectivity index (χ1) is 17.8. The Labute approximate surface area is 227 Å². The van der Waals surface area contributed by atoms with Gasteiger partial charge >= 0.3 is 11.9 Å². The van der Waals surface area contributed by atoms with Crippen LogP contribution < -0.4 is 15.4 Å². The van der Waals surface area contributed by atoms with Crippen LogP contribution in [0.2, 0.25) is 0 Å². The highest BCUT2D eigenvalue weighted by Gasteiger charge is 2.50. The highest BCUT2D eigenvalue weighted by atomic mass is 32.1. The molecule has 1 atom stereocenters. The van der Waals surface area contributed by atoms with Crippen molar-refractivity contribution in [1.29, 1.82) is 0 Å². The third kappa shape index (κ3) is 9.67. The lowest BCUT2D eigenvalue weighted by Gasteiger charge is -2.57. The zero-order valence-corrected chi connectivity index (χ0v) is 23.3. The van der Waals surface area contributed by atoms with Crippen molar-refractivity contribution in [3.05, 3.63) is 23.2 Å². The number of carbonyl (C=O) groups excluding carboxylic acids is 1. The Balaban J connectivity index is 0.000000436. The molecule has 4 bridgehead atoms. The molecule has 0 radical (unpaired) electrons. The molecule has 1 aromatic heterocycles. The number of ether oxygens (including phenoxy) is 1. The minimum Gasteiger partial charge on any atom is -0.478 e. The maximum absolute atomic E-state index is 12.5. The number of carbonyl (C=O) groups is 3. The van der Waals surface area contributed by atoms with E-state index in [0.29, 0.717) is 34.2 Å². The van der Waals surface area contributed by atoms with Gasteiger partial charge in [-0.05, 0) is 88.9 Å². The molecule has 4 saturated carbocycles. The number of hydrogen-bond acceptors (Lipinski definition) is 8. The Morgan fingerprint density at radius 1 is 1.11 bits per heavy atom. The van der Waals surface area contributed by atoms with E-state index in [-0.39, 0.29) is 18.1 Å². The first-order valence-corrected chi connectivity index (χ1v) is 14.1. The van der Waals surface area contributed by atoms with Crippen LogP contribution in [0.4, 0.5) is 0 Å². The smallest absolute Gasteiger partial charge is 0.328 e. The van der Waals surface area contributed by atoms with Crippen molar-refractivity contribution in [1.82, 2.24) is 15.6 Å². The third-order valence-electron chi connectivity index (χ3n) is 7.45. The molecule has 10 nitrogen and oxygen atoms in total. The molecule has 5 rings (SSSR count). The first-order valence-electron chi connectivity index (χ1n) is 13.3. The summed E-state index contributed by atoms with van der Waals surface area (Å²) >= 11 is 1.24. The van der Waals surface area contributed by atoms with E-state index in [0.717, 1.165) is 30.7 Å². The second-order valence-corrected chi connectivity index (χ2v) is 13.0. The van der Waals surface area contributed by atoms with Crippen LogP contribution in [0, 0.1) is 23.2 Å². The molecule has 1 unspecified atom stereocenters. The second kappa shape index (κ2) is 13.0. The van der Waals surface area contributed by atoms with Gasteiger partial charge in [0, 0.05) is 30.8 Å². The van der Waals surface area contributed by atoms with Crippen LogP contribution >= 0.6 is 11.3 Å². The van der Waals surface area contributed by atoms with Crippen LogP contribution in [0.25, 0.3) is 0 Å². The van der Waals surface area contributed by atoms with E-state index in [4.69, 9.17) is 14.9 Å². The Hall–Kier alpha value is -2.50. The third-order valence-corrected chi connectivity index (χ3v) is 8.36. The second-order valence-electron chi connectivity index (χ2n) is 12.0. The highest BCUT2D eigenvalue weighted by molar-refractivity contribution is 7.15. The summed E-state index contributed by atoms with van der Waals surface area (Å²) < 4.78 is 5.57. The van der Waals surface area contributed by atoms with Gasteiger partial charge in [-0.1, -0.05) is 11.3 Å². The average Bonchev–Trinajstić information content (AvgIpc) is 3.28. The Morgan fingerprint density at radius 3 is 2.16 bits per heavy atom. The minimum absolute atomic E-state index is 0.0520. The lowest BCUT2D eigenvalue weighted by molar-refractivity contribution is -0.134. The maximum Gasteiger partial charge on any atom is 0.328 e. The number of rotatable bonds is 11. The maximum atomic E-state index is 12.5. The van der Waals surface area contributed by atoms with Gasteiger partial charge in [0.2, 0.25) is 0 Å². The molecule has 5 N–H and O–H groups in total. The van der Waals surface area contributed by atoms with Crippen molar-refractivity contribution >= 4 is 29.2 Å². The lowest BCUT2D eigenvalue weighted by Crippen LogP contribution is -2.47. The van der Waals surface area contributed by atoms with E-state index in [1.54, 1.807) is 6.20 Å². The molecule has 1 heterocycles. The van der Waals surface area contributed by atoms with Gasteiger partial charge in [-0.2, -0.15) is 0 Å². The number of β-amino-alcohol motifs (C(OH)–C–C–N with tert-alkyl or cyclic N) is 1. The normalized spacial score (nSPS) is 26.5. The van der Waals surface area contributed by atoms with Crippen LogP contribution in [0.3, 0.4) is 0 Å². The van der Waals surface area contributed by atoms with Crippen molar-refractivity contribution in [2.75, 3.05) is 19.7 Å². The number of amides is 1. The summed E-state index contributed by atoms with van der Waals surface area (Å²) in [5.74, 6) is 0.258. The van der Waals surface area contributed by atoms with Gasteiger partial charge in [-0.15, -0.1) is 0 Å². The van der Waals surface area contributed by atoms with Gasteiger partial charge in [-0.3, -0.25) is 4.79 Å². The fraction of sp³-hybridized carbons (Fsp3) is 0.704. The van der Waals surface area contributed by atoms with E-state index < -0.39 is 18.0 Å². The highest BCUT2D eigenvalue weighted by Crippen LogP contribution is 2.61. The van der Waals surface area contributed by atoms with Crippen molar-refractivity contribution in [2.45, 2.75) is 77.4 Å². The average molecular weight is 552 g/mol. The van der Waals surface area contributed by atoms with E-state index >= 15 is 0 Å². The number of aliphatic hydroxyl groups is 1. The summed E-state index contributed by atoms with van der Waals surface area (Å²) in [5.41, 5.74) is 0.435. The molecule has 212 valence electrons. The quantitative estimate of drug-likeness (QED) is 0.260. The van der Waals surface area contributed by atoms with E-state index in [2.05, 4.69) is 36.4 Å². The summed E-state index contributed by atoms with van der Waals surface area (Å²) in [7, 11) is 0. The molecule has 11 heteroatoms. The predicted molar refractivity (Wildman–Crippen MR) is 143 cm³/mol. The number of aliphatic hydroxyl groups excluding tert-OH is 1. The molecule has 0 aliphatic heterocycles. The van der Waals surface area contributed by atoms with Gasteiger partial charge in [0.25, 0.3) is 11.1 Å². The fourth-order valence-corrected chi connectivity index (χ4v) is 7.04. The Kier molecular flexibility index (Phi) is 10.3. The molecule has 4 aliphatic rings. The number of aliphatic carboxylic acids is 2. The number of aromatic nitrogens is 1. The van der Waals surface area contributed by atoms with Gasteiger partial charge in [0.05, 0.1) is 6.20 Å². The molecular weight excluding hydrogens is 510 g/mol. The minimum atomic E-state index is -1.26. The van der Waals surface area contributed by atoms with Crippen molar-refractivity contribution < 1.29 is 34.4 Å². The molecule has 4 fully saturated rings. The SMILES string of the molecule is CC(C)(C)NCC(O)COc1ncc(C(=O)NCCC23CC4CC(CC(C4)C2)C3)s1.O=C(O)C=CC(=O)O. The summed E-state index contributed by atoms with van der Waals surface area (Å²) in [4.78, 5) is 36.4. The van der Waals surface area contributed by atoms with Crippen molar-refractivity contribution in [3.8, 4) is 5.19 Å². The van der Waals surface area contributed by atoms with Gasteiger partial charge in [0.1, 0.15) is 17.6 Å². The van der Waals surface area contributed by atoms with Crippen LogP contribution in [-0.4, -0.2) is 69.5 Å². The number of carboxylic acids is 2. The fourth-order valence-electron chi connectivity index (χ4n) is 6.35. The number of nitrogens with zero attached hydrogens (tertiary/aromatic N) is 1. The zero-order valence-electron chi connectivity index (χ0n) is 22.4. The van der Waals surface area contributed by atoms with Crippen molar-refractivity contribution in [3.63, 3.8) is 0 Å². The number of nitrogens with one attached hydrogen (secondary N) is 2. The molecule has 1 aromatic rings. The Morgan fingerprint density at radius 2 is 1.66 bits per heavy atom. The molecular formula is C27H41N3O7S. The van der Waals surface area contributed by atoms with Gasteiger partial charge in [0.15, 0.2) is 0 Å².